The van der Waals surface area contributed by atoms with E-state index in [1.807, 2.05) is 0 Å². The van der Waals surface area contributed by atoms with Crippen LogP contribution in [0, 0.1) is 0 Å². The first-order valence-corrected chi connectivity index (χ1v) is 4.45. The predicted octanol–water partition coefficient (Wildman–Crippen LogP) is 1.38. The van der Waals surface area contributed by atoms with E-state index < -0.39 is 5.97 Å². The van der Waals surface area contributed by atoms with Crippen LogP contribution in [0.5, 0.6) is 5.75 Å². The maximum absolute atomic E-state index is 10.6. The van der Waals surface area contributed by atoms with E-state index in [9.17, 15) is 9.90 Å². The van der Waals surface area contributed by atoms with Crippen molar-refractivity contribution in [3.63, 3.8) is 0 Å². The Morgan fingerprint density at radius 3 is 3.07 bits per heavy atom. The molecule has 1 aliphatic heterocycles. The van der Waals surface area contributed by atoms with Crippen LogP contribution in [-0.2, 0) is 4.79 Å². The third kappa shape index (κ3) is 1.51. The van der Waals surface area contributed by atoms with Crippen molar-refractivity contribution < 1.29 is 15.0 Å². The second-order valence-electron chi connectivity index (χ2n) is 3.45. The van der Waals surface area contributed by atoms with Gasteiger partial charge in [0.25, 0.3) is 0 Å². The molecule has 0 amide bonds. The Kier molecular flexibility index (Phi) is 2.04. The maximum Gasteiger partial charge on any atom is 0.304 e. The lowest BCUT2D eigenvalue weighted by Gasteiger charge is -2.06. The molecular weight excluding hydrogens is 182 g/mol. The first-order valence-electron chi connectivity index (χ1n) is 4.45. The Bertz CT molecular complexity index is 376. The molecule has 0 bridgehead atoms. The van der Waals surface area contributed by atoms with Crippen LogP contribution in [0.25, 0.3) is 0 Å². The fraction of sp³-hybridized carbons (Fsp3) is 0.300. The summed E-state index contributed by atoms with van der Waals surface area (Å²) in [6, 6.07) is 4.99. The minimum Gasteiger partial charge on any atom is -0.508 e. The molecule has 0 saturated heterocycles. The summed E-state index contributed by atoms with van der Waals surface area (Å²) in [6.07, 6.45) is 0.101. The van der Waals surface area contributed by atoms with Crippen molar-refractivity contribution >= 4 is 11.7 Å². The highest BCUT2D eigenvalue weighted by molar-refractivity contribution is 5.71. The van der Waals surface area contributed by atoms with Crippen molar-refractivity contribution in [2.45, 2.75) is 12.3 Å². The van der Waals surface area contributed by atoms with Gasteiger partial charge in [-0.25, -0.2) is 0 Å². The molecule has 1 unspecified atom stereocenters. The molecule has 0 fully saturated rings. The smallest absolute Gasteiger partial charge is 0.304 e. The van der Waals surface area contributed by atoms with Gasteiger partial charge in [0, 0.05) is 18.2 Å². The topological polar surface area (TPSA) is 69.6 Å². The summed E-state index contributed by atoms with van der Waals surface area (Å²) >= 11 is 0. The Labute approximate surface area is 81.2 Å². The molecule has 0 aliphatic carbocycles. The van der Waals surface area contributed by atoms with Gasteiger partial charge in [0.15, 0.2) is 0 Å². The third-order valence-electron chi connectivity index (χ3n) is 2.43. The standard InChI is InChI=1S/C10H11NO3/c12-7-1-2-9-8(4-7)6(5-11-9)3-10(13)14/h1-2,4,6,11-12H,3,5H2,(H,13,14). The molecule has 74 valence electrons. The van der Waals surface area contributed by atoms with Crippen LogP contribution in [0.15, 0.2) is 18.2 Å². The minimum atomic E-state index is -0.812. The number of carboxylic acids is 1. The number of hydrogen-bond donors (Lipinski definition) is 3. The first kappa shape index (κ1) is 8.87. The average molecular weight is 193 g/mol. The number of aliphatic carboxylic acids is 1. The van der Waals surface area contributed by atoms with Crippen molar-refractivity contribution in [3.05, 3.63) is 23.8 Å². The van der Waals surface area contributed by atoms with Crippen LogP contribution in [0.4, 0.5) is 5.69 Å². The molecule has 1 aromatic carbocycles. The van der Waals surface area contributed by atoms with Gasteiger partial charge >= 0.3 is 5.97 Å². The average Bonchev–Trinajstić information content (AvgIpc) is 2.47. The molecule has 2 rings (SSSR count). The van der Waals surface area contributed by atoms with Gasteiger partial charge in [0.1, 0.15) is 5.75 Å². The number of rotatable bonds is 2. The number of hydrogen-bond acceptors (Lipinski definition) is 3. The number of anilines is 1. The minimum absolute atomic E-state index is 0.0328. The molecule has 0 radical (unpaired) electrons. The molecule has 0 saturated carbocycles. The zero-order valence-corrected chi connectivity index (χ0v) is 7.53. The number of fused-ring (bicyclic) bond motifs is 1. The van der Waals surface area contributed by atoms with Crippen LogP contribution in [0.2, 0.25) is 0 Å². The summed E-state index contributed by atoms with van der Waals surface area (Å²) in [5, 5.41) is 21.1. The molecule has 14 heavy (non-hydrogen) atoms. The number of phenols is 1. The lowest BCUT2D eigenvalue weighted by atomic mass is 9.98. The summed E-state index contributed by atoms with van der Waals surface area (Å²) in [5.74, 6) is -0.662. The molecular formula is C10H11NO3. The van der Waals surface area contributed by atoms with Crippen molar-refractivity contribution in [1.82, 2.24) is 0 Å². The lowest BCUT2D eigenvalue weighted by molar-refractivity contribution is -0.137. The predicted molar refractivity (Wildman–Crippen MR) is 51.6 cm³/mol. The number of benzene rings is 1. The van der Waals surface area contributed by atoms with Gasteiger partial charge in [0.2, 0.25) is 0 Å². The SMILES string of the molecule is O=C(O)CC1CNc2ccc(O)cc21. The van der Waals surface area contributed by atoms with E-state index in [0.717, 1.165) is 11.3 Å². The summed E-state index contributed by atoms with van der Waals surface area (Å²) in [7, 11) is 0. The van der Waals surface area contributed by atoms with Crippen molar-refractivity contribution in [2.75, 3.05) is 11.9 Å². The summed E-state index contributed by atoms with van der Waals surface area (Å²) in [6.45, 7) is 0.630. The van der Waals surface area contributed by atoms with E-state index in [0.29, 0.717) is 6.54 Å². The van der Waals surface area contributed by atoms with Gasteiger partial charge in [-0.3, -0.25) is 4.79 Å². The Morgan fingerprint density at radius 1 is 1.57 bits per heavy atom. The van der Waals surface area contributed by atoms with Gasteiger partial charge in [-0.2, -0.15) is 0 Å². The van der Waals surface area contributed by atoms with Crippen molar-refractivity contribution in [3.8, 4) is 5.75 Å². The maximum atomic E-state index is 10.6. The van der Waals surface area contributed by atoms with Crippen LogP contribution < -0.4 is 5.32 Å². The molecule has 4 heteroatoms. The van der Waals surface area contributed by atoms with Gasteiger partial charge in [-0.05, 0) is 23.8 Å². The molecule has 0 spiro atoms. The van der Waals surface area contributed by atoms with Crippen LogP contribution in [0.1, 0.15) is 17.9 Å². The van der Waals surface area contributed by atoms with Gasteiger partial charge in [-0.1, -0.05) is 0 Å². The molecule has 4 nitrogen and oxygen atoms in total. The highest BCUT2D eigenvalue weighted by atomic mass is 16.4. The van der Waals surface area contributed by atoms with E-state index in [-0.39, 0.29) is 18.1 Å². The summed E-state index contributed by atoms with van der Waals surface area (Å²) in [4.78, 5) is 10.6. The van der Waals surface area contributed by atoms with Gasteiger partial charge in [0.05, 0.1) is 6.42 Å². The largest absolute Gasteiger partial charge is 0.508 e. The zero-order valence-electron chi connectivity index (χ0n) is 7.53. The van der Waals surface area contributed by atoms with E-state index in [1.165, 1.54) is 0 Å². The lowest BCUT2D eigenvalue weighted by Crippen LogP contribution is -2.07. The zero-order chi connectivity index (χ0) is 10.1. The van der Waals surface area contributed by atoms with E-state index in [1.54, 1.807) is 18.2 Å². The number of carbonyl (C=O) groups is 1. The fourth-order valence-electron chi connectivity index (χ4n) is 1.78. The molecule has 0 aromatic heterocycles. The van der Waals surface area contributed by atoms with Gasteiger partial charge < -0.3 is 15.5 Å². The Morgan fingerprint density at radius 2 is 2.36 bits per heavy atom. The number of carboxylic acid groups (broad SMARTS) is 1. The van der Waals surface area contributed by atoms with Crippen LogP contribution >= 0.6 is 0 Å². The highest BCUT2D eigenvalue weighted by Gasteiger charge is 2.24. The molecule has 1 atom stereocenters. The third-order valence-corrected chi connectivity index (χ3v) is 2.43. The first-order chi connectivity index (χ1) is 6.66. The monoisotopic (exact) mass is 193 g/mol. The molecule has 1 aromatic rings. The normalized spacial score (nSPS) is 18.7. The quantitative estimate of drug-likeness (QED) is 0.620. The van der Waals surface area contributed by atoms with Crippen molar-refractivity contribution in [2.24, 2.45) is 0 Å². The number of aromatic hydroxyl groups is 1. The Hall–Kier alpha value is -1.71. The Balaban J connectivity index is 2.28. The molecule has 1 heterocycles. The van der Waals surface area contributed by atoms with E-state index >= 15 is 0 Å². The highest BCUT2D eigenvalue weighted by Crippen LogP contribution is 2.35. The van der Waals surface area contributed by atoms with Crippen LogP contribution in [0.3, 0.4) is 0 Å². The fourth-order valence-corrected chi connectivity index (χ4v) is 1.78. The summed E-state index contributed by atoms with van der Waals surface area (Å²) in [5.41, 5.74) is 1.82. The van der Waals surface area contributed by atoms with Crippen molar-refractivity contribution in [1.29, 1.82) is 0 Å². The second kappa shape index (κ2) is 3.21. The second-order valence-corrected chi connectivity index (χ2v) is 3.45. The molecule has 3 N–H and O–H groups in total. The molecule has 1 aliphatic rings. The van der Waals surface area contributed by atoms with Crippen LogP contribution in [-0.4, -0.2) is 22.7 Å². The van der Waals surface area contributed by atoms with E-state index in [4.69, 9.17) is 5.11 Å². The van der Waals surface area contributed by atoms with E-state index in [2.05, 4.69) is 5.32 Å². The number of phenolic OH excluding ortho intramolecular Hbond substituents is 1. The summed E-state index contributed by atoms with van der Waals surface area (Å²) < 4.78 is 0. The number of nitrogens with one attached hydrogen (secondary N) is 1. The van der Waals surface area contributed by atoms with Gasteiger partial charge in [-0.15, -0.1) is 0 Å².